The highest BCUT2D eigenvalue weighted by molar-refractivity contribution is 7.11. The molecular weight excluding hydrogens is 356 g/mol. The minimum atomic E-state index is -0.560. The van der Waals surface area contributed by atoms with Crippen molar-refractivity contribution in [1.29, 1.82) is 0 Å². The van der Waals surface area contributed by atoms with Gasteiger partial charge in [-0.25, -0.2) is 4.98 Å². The third kappa shape index (κ3) is 5.96. The van der Waals surface area contributed by atoms with Crippen molar-refractivity contribution in [3.8, 4) is 5.75 Å². The Kier molecular flexibility index (Phi) is 7.25. The average Bonchev–Trinajstić information content (AvgIpc) is 2.92. The van der Waals surface area contributed by atoms with Crippen LogP contribution >= 0.6 is 22.9 Å². The summed E-state index contributed by atoms with van der Waals surface area (Å²) in [6.45, 7) is 9.75. The maximum atomic E-state index is 10.3. The summed E-state index contributed by atoms with van der Waals surface area (Å²) in [4.78, 5) is 7.54. The fourth-order valence-electron chi connectivity index (χ4n) is 2.65. The number of hydrogen-bond donors (Lipinski definition) is 1. The zero-order valence-electron chi connectivity index (χ0n) is 15.5. The Morgan fingerprint density at radius 3 is 2.64 bits per heavy atom. The molecule has 0 aliphatic rings. The van der Waals surface area contributed by atoms with Crippen LogP contribution < -0.4 is 4.74 Å². The number of rotatable bonds is 8. The lowest BCUT2D eigenvalue weighted by Crippen LogP contribution is -2.32. The van der Waals surface area contributed by atoms with Crippen LogP contribution in [0.5, 0.6) is 5.75 Å². The van der Waals surface area contributed by atoms with E-state index in [1.54, 1.807) is 11.3 Å². The molecule has 1 aromatic carbocycles. The number of aromatic nitrogens is 1. The van der Waals surface area contributed by atoms with Crippen molar-refractivity contribution in [2.45, 2.75) is 46.3 Å². The zero-order chi connectivity index (χ0) is 18.6. The van der Waals surface area contributed by atoms with Crippen LogP contribution in [0.3, 0.4) is 0 Å². The molecule has 0 radical (unpaired) electrons. The number of benzene rings is 1. The first-order chi connectivity index (χ1) is 11.8. The van der Waals surface area contributed by atoms with Crippen LogP contribution in [-0.2, 0) is 6.54 Å². The second-order valence-electron chi connectivity index (χ2n) is 6.80. The lowest BCUT2D eigenvalue weighted by Gasteiger charge is -2.21. The first kappa shape index (κ1) is 20.2. The van der Waals surface area contributed by atoms with Gasteiger partial charge >= 0.3 is 0 Å². The average molecular weight is 383 g/mol. The predicted octanol–water partition coefficient (Wildman–Crippen LogP) is 4.41. The van der Waals surface area contributed by atoms with E-state index in [-0.39, 0.29) is 6.61 Å². The number of likely N-dealkylation sites (N-methyl/N-ethyl adjacent to an activating group) is 1. The van der Waals surface area contributed by atoms with E-state index in [0.717, 1.165) is 33.5 Å². The Bertz CT molecular complexity index is 703. The first-order valence-corrected chi connectivity index (χ1v) is 9.66. The molecule has 138 valence electrons. The Morgan fingerprint density at radius 1 is 1.32 bits per heavy atom. The smallest absolute Gasteiger partial charge is 0.123 e. The Labute approximate surface area is 159 Å². The van der Waals surface area contributed by atoms with Gasteiger partial charge in [0, 0.05) is 29.2 Å². The largest absolute Gasteiger partial charge is 0.491 e. The Hall–Kier alpha value is -1.14. The fraction of sp³-hybridized carbons (Fsp3) is 0.526. The molecule has 2 aromatic rings. The van der Waals surface area contributed by atoms with E-state index >= 15 is 0 Å². The molecule has 1 heterocycles. The number of hydrogen-bond acceptors (Lipinski definition) is 5. The van der Waals surface area contributed by atoms with E-state index in [1.165, 1.54) is 4.88 Å². The quantitative estimate of drug-likeness (QED) is 0.734. The lowest BCUT2D eigenvalue weighted by molar-refractivity contribution is 0.0741. The highest BCUT2D eigenvalue weighted by atomic mass is 35.5. The number of nitrogens with zero attached hydrogens (tertiary/aromatic N) is 2. The van der Waals surface area contributed by atoms with E-state index < -0.39 is 6.10 Å². The Morgan fingerprint density at radius 2 is 2.04 bits per heavy atom. The van der Waals surface area contributed by atoms with Crippen LogP contribution in [0, 0.1) is 13.8 Å². The van der Waals surface area contributed by atoms with Crippen molar-refractivity contribution in [3.05, 3.63) is 44.4 Å². The number of aryl methyl sites for hydroxylation is 2. The normalized spacial score (nSPS) is 12.8. The van der Waals surface area contributed by atoms with Crippen molar-refractivity contribution in [2.75, 3.05) is 20.2 Å². The molecule has 0 amide bonds. The molecule has 1 N–H and O–H groups in total. The summed E-state index contributed by atoms with van der Waals surface area (Å²) in [5, 5.41) is 12.1. The minimum Gasteiger partial charge on any atom is -0.491 e. The summed E-state index contributed by atoms with van der Waals surface area (Å²) < 4.78 is 5.91. The van der Waals surface area contributed by atoms with Crippen molar-refractivity contribution < 1.29 is 9.84 Å². The van der Waals surface area contributed by atoms with Crippen molar-refractivity contribution in [2.24, 2.45) is 0 Å². The zero-order valence-corrected chi connectivity index (χ0v) is 17.1. The van der Waals surface area contributed by atoms with Crippen LogP contribution in [0.2, 0.25) is 5.02 Å². The molecule has 0 aliphatic carbocycles. The van der Waals surface area contributed by atoms with E-state index in [1.807, 2.05) is 39.2 Å². The van der Waals surface area contributed by atoms with Gasteiger partial charge in [-0.15, -0.1) is 11.3 Å². The monoisotopic (exact) mass is 382 g/mol. The molecule has 4 nitrogen and oxygen atoms in total. The number of aliphatic hydroxyl groups excluding tert-OH is 1. The van der Waals surface area contributed by atoms with Gasteiger partial charge in [-0.1, -0.05) is 25.4 Å². The minimum absolute atomic E-state index is 0.257. The van der Waals surface area contributed by atoms with Crippen LogP contribution in [0.1, 0.15) is 40.8 Å². The first-order valence-electron chi connectivity index (χ1n) is 8.47. The van der Waals surface area contributed by atoms with Crippen LogP contribution in [-0.4, -0.2) is 41.3 Å². The molecule has 6 heteroatoms. The van der Waals surface area contributed by atoms with Gasteiger partial charge in [0.1, 0.15) is 18.5 Å². The molecule has 1 unspecified atom stereocenters. The molecule has 1 aromatic heterocycles. The fourth-order valence-corrected chi connectivity index (χ4v) is 3.70. The summed E-state index contributed by atoms with van der Waals surface area (Å²) in [7, 11) is 1.99. The Balaban J connectivity index is 1.91. The third-order valence-corrected chi connectivity index (χ3v) is 5.27. The number of ether oxygens (including phenoxy) is 1. The number of aliphatic hydroxyl groups is 1. The van der Waals surface area contributed by atoms with E-state index in [4.69, 9.17) is 16.3 Å². The maximum Gasteiger partial charge on any atom is 0.123 e. The molecule has 2 rings (SSSR count). The SMILES string of the molecule is Cc1ncc(CN(C)CC(O)COc2cc(C)c(Cl)cc2C(C)C)s1. The van der Waals surface area contributed by atoms with Gasteiger partial charge < -0.3 is 9.84 Å². The van der Waals surface area contributed by atoms with Crippen molar-refractivity contribution in [3.63, 3.8) is 0 Å². The topological polar surface area (TPSA) is 45.6 Å². The van der Waals surface area contributed by atoms with Crippen molar-refractivity contribution in [1.82, 2.24) is 9.88 Å². The standard InChI is InChI=1S/C19H27ClN2O2S/c1-12(2)17-7-18(20)13(3)6-19(17)24-11-15(23)9-22(5)10-16-8-21-14(4)25-16/h6-8,12,15,23H,9-11H2,1-5H3. The molecule has 0 fully saturated rings. The second-order valence-corrected chi connectivity index (χ2v) is 8.53. The van der Waals surface area contributed by atoms with Crippen molar-refractivity contribution >= 4 is 22.9 Å². The third-order valence-electron chi connectivity index (χ3n) is 3.96. The van der Waals surface area contributed by atoms with Crippen LogP contribution in [0.4, 0.5) is 0 Å². The molecule has 0 spiro atoms. The summed E-state index contributed by atoms with van der Waals surface area (Å²) >= 11 is 7.91. The van der Waals surface area contributed by atoms with E-state index in [2.05, 4.69) is 23.7 Å². The molecule has 1 atom stereocenters. The number of halogens is 1. The van der Waals surface area contributed by atoms with Gasteiger partial charge in [0.05, 0.1) is 5.01 Å². The lowest BCUT2D eigenvalue weighted by atomic mass is 10.0. The summed E-state index contributed by atoms with van der Waals surface area (Å²) in [5.41, 5.74) is 2.05. The van der Waals surface area contributed by atoms with Gasteiger partial charge in [0.15, 0.2) is 0 Å². The molecule has 0 aliphatic heterocycles. The van der Waals surface area contributed by atoms with Crippen LogP contribution in [0.25, 0.3) is 0 Å². The second kappa shape index (κ2) is 8.99. The van der Waals surface area contributed by atoms with E-state index in [9.17, 15) is 5.11 Å². The maximum absolute atomic E-state index is 10.3. The predicted molar refractivity (Wildman–Crippen MR) is 105 cm³/mol. The highest BCUT2D eigenvalue weighted by Gasteiger charge is 2.15. The summed E-state index contributed by atoms with van der Waals surface area (Å²) in [6.07, 6.45) is 1.33. The van der Waals surface area contributed by atoms with Gasteiger partial charge in [-0.3, -0.25) is 4.90 Å². The molecule has 0 saturated heterocycles. The summed E-state index contributed by atoms with van der Waals surface area (Å²) in [6, 6.07) is 3.91. The van der Waals surface area contributed by atoms with Gasteiger partial charge in [0.2, 0.25) is 0 Å². The molecular formula is C19H27ClN2O2S. The van der Waals surface area contributed by atoms with Gasteiger partial charge in [0.25, 0.3) is 0 Å². The van der Waals surface area contributed by atoms with Crippen LogP contribution in [0.15, 0.2) is 18.3 Å². The molecule has 0 bridgehead atoms. The summed E-state index contributed by atoms with van der Waals surface area (Å²) in [5.74, 6) is 1.11. The van der Waals surface area contributed by atoms with E-state index in [0.29, 0.717) is 12.5 Å². The highest BCUT2D eigenvalue weighted by Crippen LogP contribution is 2.32. The van der Waals surface area contributed by atoms with Gasteiger partial charge in [-0.2, -0.15) is 0 Å². The van der Waals surface area contributed by atoms with Gasteiger partial charge in [-0.05, 0) is 50.1 Å². The number of thiazole rings is 1. The molecule has 25 heavy (non-hydrogen) atoms. The molecule has 0 saturated carbocycles.